The predicted octanol–water partition coefficient (Wildman–Crippen LogP) is 4.22. The lowest BCUT2D eigenvalue weighted by Gasteiger charge is -2.33. The van der Waals surface area contributed by atoms with Gasteiger partial charge in [0.2, 0.25) is 0 Å². The van der Waals surface area contributed by atoms with E-state index in [1.165, 1.54) is 12.1 Å². The third kappa shape index (κ3) is 4.82. The summed E-state index contributed by atoms with van der Waals surface area (Å²) >= 11 is 0. The fourth-order valence-corrected chi connectivity index (χ4v) is 3.48. The zero-order valence-corrected chi connectivity index (χ0v) is 15.9. The number of benzene rings is 2. The lowest BCUT2D eigenvalue weighted by Crippen LogP contribution is -2.31. The third-order valence-corrected chi connectivity index (χ3v) is 4.85. The molecule has 3 nitrogen and oxygen atoms in total. The van der Waals surface area contributed by atoms with Gasteiger partial charge in [0.05, 0.1) is 5.56 Å². The van der Waals surface area contributed by atoms with E-state index in [-0.39, 0.29) is 5.92 Å². The molecule has 1 heterocycles. The summed E-state index contributed by atoms with van der Waals surface area (Å²) < 4.78 is 45.1. The van der Waals surface area contributed by atoms with Crippen LogP contribution in [0.2, 0.25) is 0 Å². The smallest absolute Gasteiger partial charge is 0.416 e. The van der Waals surface area contributed by atoms with Gasteiger partial charge in [-0.25, -0.2) is 0 Å². The second-order valence-electron chi connectivity index (χ2n) is 7.38. The van der Waals surface area contributed by atoms with Gasteiger partial charge in [-0.05, 0) is 56.0 Å². The average Bonchev–Trinajstić information content (AvgIpc) is 2.60. The Morgan fingerprint density at radius 3 is 2.63 bits per heavy atom. The van der Waals surface area contributed by atoms with E-state index in [4.69, 9.17) is 4.74 Å². The molecule has 0 spiro atoms. The maximum atomic E-state index is 13.1. The van der Waals surface area contributed by atoms with E-state index in [2.05, 4.69) is 9.80 Å². The Kier molecular flexibility index (Phi) is 5.77. The summed E-state index contributed by atoms with van der Waals surface area (Å²) in [5.41, 5.74) is 2.28. The number of likely N-dealkylation sites (N-methyl/N-ethyl adjacent to an activating group) is 2. The highest BCUT2D eigenvalue weighted by molar-refractivity contribution is 5.45. The molecular formula is C21H25F3N2O. The van der Waals surface area contributed by atoms with Gasteiger partial charge in [-0.1, -0.05) is 24.3 Å². The first-order chi connectivity index (χ1) is 12.7. The van der Waals surface area contributed by atoms with Crippen LogP contribution in [0.4, 0.5) is 13.2 Å². The third-order valence-electron chi connectivity index (χ3n) is 4.85. The number of halogens is 3. The van der Waals surface area contributed by atoms with E-state index in [1.54, 1.807) is 6.07 Å². The van der Waals surface area contributed by atoms with E-state index in [0.29, 0.717) is 18.7 Å². The maximum Gasteiger partial charge on any atom is 0.416 e. The topological polar surface area (TPSA) is 15.7 Å². The Balaban J connectivity index is 1.88. The Hall–Kier alpha value is -2.05. The van der Waals surface area contributed by atoms with Crippen LogP contribution in [0.3, 0.4) is 0 Å². The zero-order valence-electron chi connectivity index (χ0n) is 15.9. The molecule has 146 valence electrons. The molecular weight excluding hydrogens is 353 g/mol. The van der Waals surface area contributed by atoms with Crippen LogP contribution < -0.4 is 4.74 Å². The number of ether oxygens (including phenoxy) is 1. The van der Waals surface area contributed by atoms with Crippen LogP contribution in [-0.2, 0) is 12.7 Å². The summed E-state index contributed by atoms with van der Waals surface area (Å²) in [6, 6.07) is 11.6. The minimum Gasteiger partial charge on any atom is -0.492 e. The number of nitrogens with zero attached hydrogens (tertiary/aromatic N) is 2. The van der Waals surface area contributed by atoms with Crippen LogP contribution >= 0.6 is 0 Å². The van der Waals surface area contributed by atoms with Crippen molar-refractivity contribution in [3.63, 3.8) is 0 Å². The second kappa shape index (κ2) is 7.90. The molecule has 0 fully saturated rings. The van der Waals surface area contributed by atoms with Gasteiger partial charge in [0, 0.05) is 25.6 Å². The summed E-state index contributed by atoms with van der Waals surface area (Å²) in [5.74, 6) is 0.713. The van der Waals surface area contributed by atoms with Gasteiger partial charge < -0.3 is 14.5 Å². The molecule has 0 saturated carbocycles. The molecule has 3 rings (SSSR count). The zero-order chi connectivity index (χ0) is 19.6. The fourth-order valence-electron chi connectivity index (χ4n) is 3.48. The Morgan fingerprint density at radius 2 is 1.93 bits per heavy atom. The van der Waals surface area contributed by atoms with Crippen LogP contribution in [0.15, 0.2) is 42.5 Å². The summed E-state index contributed by atoms with van der Waals surface area (Å²) in [5, 5.41) is 0. The molecule has 1 atom stereocenters. The minimum atomic E-state index is -4.33. The van der Waals surface area contributed by atoms with Crippen molar-refractivity contribution < 1.29 is 17.9 Å². The Bertz CT molecular complexity index is 789. The molecule has 0 radical (unpaired) electrons. The molecule has 0 saturated heterocycles. The van der Waals surface area contributed by atoms with Crippen molar-refractivity contribution in [2.45, 2.75) is 18.6 Å². The average molecular weight is 378 g/mol. The van der Waals surface area contributed by atoms with Crippen LogP contribution in [0.5, 0.6) is 5.75 Å². The molecule has 0 amide bonds. The second-order valence-corrected chi connectivity index (χ2v) is 7.38. The predicted molar refractivity (Wildman–Crippen MR) is 100 cm³/mol. The molecule has 1 aliphatic rings. The summed E-state index contributed by atoms with van der Waals surface area (Å²) in [7, 11) is 5.97. The van der Waals surface area contributed by atoms with Crippen molar-refractivity contribution in [3.05, 3.63) is 64.7 Å². The van der Waals surface area contributed by atoms with Crippen molar-refractivity contribution in [1.29, 1.82) is 0 Å². The number of fused-ring (bicyclic) bond motifs is 1. The summed E-state index contributed by atoms with van der Waals surface area (Å²) in [6.45, 7) is 2.87. The van der Waals surface area contributed by atoms with Crippen molar-refractivity contribution >= 4 is 0 Å². The molecule has 0 bridgehead atoms. The summed E-state index contributed by atoms with van der Waals surface area (Å²) in [4.78, 5) is 4.19. The SMILES string of the molecule is CN(C)CCOc1ccc2c(c1)CN(C)CC2c1cccc(C(F)(F)F)c1. The highest BCUT2D eigenvalue weighted by Crippen LogP contribution is 2.37. The quantitative estimate of drug-likeness (QED) is 0.775. The van der Waals surface area contributed by atoms with Crippen LogP contribution in [0, 0.1) is 0 Å². The molecule has 1 unspecified atom stereocenters. The number of hydrogen-bond donors (Lipinski definition) is 0. The molecule has 0 aromatic heterocycles. The number of alkyl halides is 3. The highest BCUT2D eigenvalue weighted by atomic mass is 19.4. The van der Waals surface area contributed by atoms with Gasteiger partial charge in [-0.2, -0.15) is 13.2 Å². The van der Waals surface area contributed by atoms with Crippen molar-refractivity contribution in [1.82, 2.24) is 9.80 Å². The van der Waals surface area contributed by atoms with Crippen molar-refractivity contribution in [2.75, 3.05) is 40.8 Å². The standard InChI is InChI=1S/C21H25F3N2O/c1-25(2)9-10-27-18-7-8-19-16(12-18)13-26(3)14-20(19)15-5-4-6-17(11-15)21(22,23)24/h4-8,11-12,20H,9-10,13-14H2,1-3H3. The van der Waals surface area contributed by atoms with Gasteiger partial charge >= 0.3 is 6.18 Å². The molecule has 0 N–H and O–H groups in total. The number of rotatable bonds is 5. The van der Waals surface area contributed by atoms with Gasteiger partial charge in [0.25, 0.3) is 0 Å². The minimum absolute atomic E-state index is 0.0862. The fraction of sp³-hybridized carbons (Fsp3) is 0.429. The normalized spacial score (nSPS) is 17.8. The van der Waals surface area contributed by atoms with E-state index in [0.717, 1.165) is 36.0 Å². The van der Waals surface area contributed by atoms with Crippen LogP contribution in [0.25, 0.3) is 0 Å². The first-order valence-electron chi connectivity index (χ1n) is 9.00. The van der Waals surface area contributed by atoms with Crippen molar-refractivity contribution in [3.8, 4) is 5.75 Å². The molecule has 2 aromatic rings. The van der Waals surface area contributed by atoms with Crippen molar-refractivity contribution in [2.24, 2.45) is 0 Å². The van der Waals surface area contributed by atoms with E-state index in [1.807, 2.05) is 39.3 Å². The van der Waals surface area contributed by atoms with Gasteiger partial charge in [-0.15, -0.1) is 0 Å². The molecule has 6 heteroatoms. The Morgan fingerprint density at radius 1 is 1.15 bits per heavy atom. The molecule has 1 aliphatic heterocycles. The largest absolute Gasteiger partial charge is 0.492 e. The summed E-state index contributed by atoms with van der Waals surface area (Å²) in [6.07, 6.45) is -4.33. The van der Waals surface area contributed by atoms with Gasteiger partial charge in [-0.3, -0.25) is 0 Å². The van der Waals surface area contributed by atoms with Crippen LogP contribution in [-0.4, -0.2) is 50.6 Å². The van der Waals surface area contributed by atoms with E-state index >= 15 is 0 Å². The van der Waals surface area contributed by atoms with E-state index < -0.39 is 11.7 Å². The molecule has 27 heavy (non-hydrogen) atoms. The first kappa shape index (κ1) is 19.7. The van der Waals surface area contributed by atoms with E-state index in [9.17, 15) is 13.2 Å². The van der Waals surface area contributed by atoms with Crippen LogP contribution in [0.1, 0.15) is 28.2 Å². The monoisotopic (exact) mass is 378 g/mol. The van der Waals surface area contributed by atoms with Gasteiger partial charge in [0.15, 0.2) is 0 Å². The molecule has 0 aliphatic carbocycles. The lowest BCUT2D eigenvalue weighted by atomic mass is 9.84. The van der Waals surface area contributed by atoms with Gasteiger partial charge in [0.1, 0.15) is 12.4 Å². The maximum absolute atomic E-state index is 13.1. The number of hydrogen-bond acceptors (Lipinski definition) is 3. The first-order valence-corrected chi connectivity index (χ1v) is 9.00. The Labute approximate surface area is 158 Å². The highest BCUT2D eigenvalue weighted by Gasteiger charge is 2.32. The molecule has 2 aromatic carbocycles. The lowest BCUT2D eigenvalue weighted by molar-refractivity contribution is -0.137.